The van der Waals surface area contributed by atoms with Crippen LogP contribution in [0.25, 0.3) is 0 Å². The number of carbonyl (C=O) groups is 3. The SMILES string of the molecule is CCCC(=O)OCOC(=O)C1CCC1C(=O)O. The summed E-state index contributed by atoms with van der Waals surface area (Å²) in [6.45, 7) is 1.40. The van der Waals surface area contributed by atoms with Crippen LogP contribution in [0.5, 0.6) is 0 Å². The largest absolute Gasteiger partial charge is 0.481 e. The summed E-state index contributed by atoms with van der Waals surface area (Å²) in [6.07, 6.45) is 1.94. The summed E-state index contributed by atoms with van der Waals surface area (Å²) in [5, 5.41) is 8.74. The van der Waals surface area contributed by atoms with Gasteiger partial charge in [-0.15, -0.1) is 0 Å². The van der Waals surface area contributed by atoms with Crippen LogP contribution in [0.4, 0.5) is 0 Å². The van der Waals surface area contributed by atoms with E-state index in [2.05, 4.69) is 4.74 Å². The summed E-state index contributed by atoms with van der Waals surface area (Å²) in [6, 6.07) is 0. The van der Waals surface area contributed by atoms with Crippen molar-refractivity contribution in [2.75, 3.05) is 6.79 Å². The quantitative estimate of drug-likeness (QED) is 0.552. The molecule has 0 bridgehead atoms. The zero-order chi connectivity index (χ0) is 12.8. The Kier molecular flexibility index (Phi) is 4.93. The molecule has 96 valence electrons. The van der Waals surface area contributed by atoms with Crippen LogP contribution in [0.3, 0.4) is 0 Å². The summed E-state index contributed by atoms with van der Waals surface area (Å²) >= 11 is 0. The van der Waals surface area contributed by atoms with Crippen LogP contribution in [0.15, 0.2) is 0 Å². The van der Waals surface area contributed by atoms with Crippen molar-refractivity contribution in [1.82, 2.24) is 0 Å². The van der Waals surface area contributed by atoms with E-state index in [9.17, 15) is 14.4 Å². The normalized spacial score (nSPS) is 22.4. The number of aliphatic carboxylic acids is 1. The molecule has 1 N–H and O–H groups in total. The minimum Gasteiger partial charge on any atom is -0.481 e. The van der Waals surface area contributed by atoms with Gasteiger partial charge in [-0.25, -0.2) is 0 Å². The average Bonchev–Trinajstić information content (AvgIpc) is 2.14. The molecule has 0 heterocycles. The molecule has 1 saturated carbocycles. The van der Waals surface area contributed by atoms with Gasteiger partial charge in [0.25, 0.3) is 0 Å². The second-order valence-corrected chi connectivity index (χ2v) is 3.98. The number of hydrogen-bond acceptors (Lipinski definition) is 5. The third-order valence-corrected chi connectivity index (χ3v) is 2.77. The molecule has 2 atom stereocenters. The van der Waals surface area contributed by atoms with E-state index in [0.29, 0.717) is 19.3 Å². The Hall–Kier alpha value is -1.59. The first-order chi connectivity index (χ1) is 8.06. The summed E-state index contributed by atoms with van der Waals surface area (Å²) in [5.74, 6) is -3.27. The predicted octanol–water partition coefficient (Wildman–Crippen LogP) is 0.941. The van der Waals surface area contributed by atoms with Crippen molar-refractivity contribution < 1.29 is 29.0 Å². The first kappa shape index (κ1) is 13.5. The van der Waals surface area contributed by atoms with Gasteiger partial charge in [0.2, 0.25) is 6.79 Å². The Morgan fingerprint density at radius 3 is 2.29 bits per heavy atom. The summed E-state index contributed by atoms with van der Waals surface area (Å²) < 4.78 is 9.34. The van der Waals surface area contributed by atoms with E-state index >= 15 is 0 Å². The molecule has 17 heavy (non-hydrogen) atoms. The van der Waals surface area contributed by atoms with Crippen LogP contribution < -0.4 is 0 Å². The van der Waals surface area contributed by atoms with Gasteiger partial charge in [0.05, 0.1) is 11.8 Å². The maximum Gasteiger partial charge on any atom is 0.312 e. The van der Waals surface area contributed by atoms with Crippen molar-refractivity contribution in [2.24, 2.45) is 11.8 Å². The summed E-state index contributed by atoms with van der Waals surface area (Å²) in [5.41, 5.74) is 0. The van der Waals surface area contributed by atoms with E-state index < -0.39 is 36.5 Å². The maximum absolute atomic E-state index is 11.4. The second kappa shape index (κ2) is 6.22. The highest BCUT2D eigenvalue weighted by Gasteiger charge is 2.42. The molecule has 0 aromatic heterocycles. The molecular weight excluding hydrogens is 228 g/mol. The fourth-order valence-corrected chi connectivity index (χ4v) is 1.61. The average molecular weight is 244 g/mol. The van der Waals surface area contributed by atoms with Crippen molar-refractivity contribution in [2.45, 2.75) is 32.6 Å². The van der Waals surface area contributed by atoms with Gasteiger partial charge in [-0.05, 0) is 19.3 Å². The molecule has 1 aliphatic rings. The Balaban J connectivity index is 2.22. The van der Waals surface area contributed by atoms with Gasteiger partial charge in [0, 0.05) is 6.42 Å². The molecule has 6 heteroatoms. The number of hydrogen-bond donors (Lipinski definition) is 1. The van der Waals surface area contributed by atoms with Crippen molar-refractivity contribution in [1.29, 1.82) is 0 Å². The molecule has 0 aliphatic heterocycles. The van der Waals surface area contributed by atoms with E-state index in [-0.39, 0.29) is 6.42 Å². The van der Waals surface area contributed by atoms with Gasteiger partial charge in [-0.2, -0.15) is 0 Å². The highest BCUT2D eigenvalue weighted by Crippen LogP contribution is 2.35. The number of ether oxygens (including phenoxy) is 2. The Morgan fingerprint density at radius 2 is 1.82 bits per heavy atom. The molecule has 1 aliphatic carbocycles. The lowest BCUT2D eigenvalue weighted by atomic mass is 9.74. The van der Waals surface area contributed by atoms with Gasteiger partial charge in [0.15, 0.2) is 0 Å². The first-order valence-electron chi connectivity index (χ1n) is 5.61. The minimum absolute atomic E-state index is 0.277. The van der Waals surface area contributed by atoms with Crippen molar-refractivity contribution in [3.63, 3.8) is 0 Å². The lowest BCUT2D eigenvalue weighted by Gasteiger charge is -2.30. The zero-order valence-corrected chi connectivity index (χ0v) is 9.68. The molecule has 6 nitrogen and oxygen atoms in total. The smallest absolute Gasteiger partial charge is 0.312 e. The molecule has 0 aromatic rings. The molecular formula is C11H16O6. The molecule has 0 spiro atoms. The Labute approximate surface area is 98.9 Å². The van der Waals surface area contributed by atoms with Crippen LogP contribution in [0.2, 0.25) is 0 Å². The molecule has 0 saturated heterocycles. The number of carboxylic acid groups (broad SMARTS) is 1. The summed E-state index contributed by atoms with van der Waals surface area (Å²) in [7, 11) is 0. The maximum atomic E-state index is 11.4. The molecule has 2 unspecified atom stereocenters. The van der Waals surface area contributed by atoms with Crippen molar-refractivity contribution in [3.05, 3.63) is 0 Å². The molecule has 0 amide bonds. The van der Waals surface area contributed by atoms with Gasteiger partial charge in [0.1, 0.15) is 0 Å². The van der Waals surface area contributed by atoms with Crippen LogP contribution in [-0.2, 0) is 23.9 Å². The Bertz CT molecular complexity index is 311. The van der Waals surface area contributed by atoms with Crippen LogP contribution >= 0.6 is 0 Å². The van der Waals surface area contributed by atoms with Crippen LogP contribution in [-0.4, -0.2) is 29.8 Å². The summed E-state index contributed by atoms with van der Waals surface area (Å²) in [4.78, 5) is 33.0. The van der Waals surface area contributed by atoms with Crippen molar-refractivity contribution in [3.8, 4) is 0 Å². The minimum atomic E-state index is -0.985. The fraction of sp³-hybridized carbons (Fsp3) is 0.727. The third-order valence-electron chi connectivity index (χ3n) is 2.77. The molecule has 0 radical (unpaired) electrons. The highest BCUT2D eigenvalue weighted by molar-refractivity contribution is 5.82. The number of carboxylic acids is 1. The van der Waals surface area contributed by atoms with E-state index in [1.807, 2.05) is 6.92 Å². The van der Waals surface area contributed by atoms with Gasteiger partial charge < -0.3 is 14.6 Å². The molecule has 0 aromatic carbocycles. The first-order valence-corrected chi connectivity index (χ1v) is 5.61. The number of esters is 2. The van der Waals surface area contributed by atoms with E-state index in [0.717, 1.165) is 0 Å². The monoisotopic (exact) mass is 244 g/mol. The van der Waals surface area contributed by atoms with E-state index in [1.165, 1.54) is 0 Å². The lowest BCUT2D eigenvalue weighted by molar-refractivity contribution is -0.177. The lowest BCUT2D eigenvalue weighted by Crippen LogP contribution is -2.39. The standard InChI is InChI=1S/C11H16O6/c1-2-3-9(12)16-6-17-11(15)8-5-4-7(8)10(13)14/h7-8H,2-6H2,1H3,(H,13,14). The fourth-order valence-electron chi connectivity index (χ4n) is 1.61. The van der Waals surface area contributed by atoms with Crippen molar-refractivity contribution >= 4 is 17.9 Å². The van der Waals surface area contributed by atoms with E-state index in [1.54, 1.807) is 0 Å². The van der Waals surface area contributed by atoms with Gasteiger partial charge in [-0.3, -0.25) is 14.4 Å². The third kappa shape index (κ3) is 3.72. The Morgan fingerprint density at radius 1 is 1.18 bits per heavy atom. The topological polar surface area (TPSA) is 89.9 Å². The molecule has 1 fully saturated rings. The van der Waals surface area contributed by atoms with E-state index in [4.69, 9.17) is 9.84 Å². The van der Waals surface area contributed by atoms with Crippen LogP contribution in [0, 0.1) is 11.8 Å². The zero-order valence-electron chi connectivity index (χ0n) is 9.68. The van der Waals surface area contributed by atoms with Gasteiger partial charge in [-0.1, -0.05) is 6.92 Å². The van der Waals surface area contributed by atoms with Gasteiger partial charge >= 0.3 is 17.9 Å². The predicted molar refractivity (Wildman–Crippen MR) is 55.8 cm³/mol. The highest BCUT2D eigenvalue weighted by atomic mass is 16.7. The molecule has 1 rings (SSSR count). The number of carbonyl (C=O) groups excluding carboxylic acids is 2. The van der Waals surface area contributed by atoms with Crippen LogP contribution in [0.1, 0.15) is 32.6 Å². The second-order valence-electron chi connectivity index (χ2n) is 3.98. The number of rotatable bonds is 6.